The summed E-state index contributed by atoms with van der Waals surface area (Å²) in [5, 5.41) is 8.01. The molecule has 3 fully saturated rings. The van der Waals surface area contributed by atoms with Gasteiger partial charge < -0.3 is 10.2 Å². The van der Waals surface area contributed by atoms with Crippen molar-refractivity contribution in [2.45, 2.75) is 70.1 Å². The van der Waals surface area contributed by atoms with E-state index in [1.165, 1.54) is 24.1 Å². The molecule has 1 aliphatic carbocycles. The van der Waals surface area contributed by atoms with Gasteiger partial charge in [0.2, 0.25) is 5.91 Å². The number of rotatable bonds is 11. The van der Waals surface area contributed by atoms with Gasteiger partial charge in [-0.3, -0.25) is 20.1 Å². The second-order valence-corrected chi connectivity index (χ2v) is 14.9. The average Bonchev–Trinajstić information content (AvgIpc) is 3.96. The Labute approximate surface area is 301 Å². The number of anilines is 2. The van der Waals surface area contributed by atoms with E-state index >= 15 is 0 Å². The van der Waals surface area contributed by atoms with Gasteiger partial charge in [-0.25, -0.2) is 9.97 Å². The summed E-state index contributed by atoms with van der Waals surface area (Å²) in [6.07, 6.45) is 13.5. The fourth-order valence-corrected chi connectivity index (χ4v) is 8.25. The second kappa shape index (κ2) is 14.4. The van der Waals surface area contributed by atoms with E-state index in [1.807, 2.05) is 30.5 Å². The summed E-state index contributed by atoms with van der Waals surface area (Å²) in [4.78, 5) is 32.3. The normalized spacial score (nSPS) is 20.7. The summed E-state index contributed by atoms with van der Waals surface area (Å²) in [5.41, 5.74) is 12.7. The molecule has 1 unspecified atom stereocenters. The molecule has 1 amide bonds. The van der Waals surface area contributed by atoms with Crippen molar-refractivity contribution in [3.05, 3.63) is 114 Å². The number of hydrogen-bond acceptors (Lipinski definition) is 8. The van der Waals surface area contributed by atoms with E-state index in [0.29, 0.717) is 18.3 Å². The van der Waals surface area contributed by atoms with Crippen LogP contribution in [0.15, 0.2) is 96.6 Å². The summed E-state index contributed by atoms with van der Waals surface area (Å²) in [6, 6.07) is 21.0. The molecule has 3 aliphatic heterocycles. The number of pyridine rings is 1. The topological polar surface area (TPSA) is 98.6 Å². The molecule has 0 bridgehead atoms. The molecule has 4 aliphatic rings. The largest absolute Gasteiger partial charge is 0.374 e. The molecule has 9 heteroatoms. The van der Waals surface area contributed by atoms with Crippen LogP contribution in [0, 0.1) is 5.41 Å². The van der Waals surface area contributed by atoms with Gasteiger partial charge >= 0.3 is 0 Å². The van der Waals surface area contributed by atoms with E-state index in [0.717, 1.165) is 110 Å². The molecule has 0 spiro atoms. The predicted octanol–water partition coefficient (Wildman–Crippen LogP) is 7.61. The molecule has 51 heavy (non-hydrogen) atoms. The van der Waals surface area contributed by atoms with Crippen molar-refractivity contribution in [3.8, 4) is 11.4 Å². The van der Waals surface area contributed by atoms with Crippen molar-refractivity contribution >= 4 is 23.0 Å². The van der Waals surface area contributed by atoms with Crippen LogP contribution >= 0.6 is 0 Å². The Hall–Kier alpha value is -4.89. The van der Waals surface area contributed by atoms with Gasteiger partial charge in [0.15, 0.2) is 5.82 Å². The van der Waals surface area contributed by atoms with Crippen molar-refractivity contribution in [3.63, 3.8) is 0 Å². The summed E-state index contributed by atoms with van der Waals surface area (Å²) >= 11 is 0. The Bertz CT molecular complexity index is 1910. The molecule has 5 heterocycles. The zero-order chi connectivity index (χ0) is 34.8. The maximum Gasteiger partial charge on any atom is 0.231 e. The smallest absolute Gasteiger partial charge is 0.231 e. The number of nitrogens with zero attached hydrogens (tertiary/aromatic N) is 6. The molecule has 2 saturated heterocycles. The number of piperidine rings is 1. The molecule has 2 aromatic heterocycles. The summed E-state index contributed by atoms with van der Waals surface area (Å²) in [5.74, 6) is 2.03. The lowest BCUT2D eigenvalue weighted by Crippen LogP contribution is -2.41. The average molecular weight is 681 g/mol. The number of likely N-dealkylation sites (tertiary alicyclic amines) is 2. The highest BCUT2D eigenvalue weighted by Crippen LogP contribution is 2.40. The van der Waals surface area contributed by atoms with Gasteiger partial charge in [0, 0.05) is 85.3 Å². The summed E-state index contributed by atoms with van der Waals surface area (Å²) in [7, 11) is 0. The number of nitrogens with one attached hydrogen (secondary N) is 2. The van der Waals surface area contributed by atoms with Crippen molar-refractivity contribution in [2.24, 2.45) is 10.5 Å². The maximum atomic E-state index is 14.1. The Kier molecular flexibility index (Phi) is 9.38. The Morgan fingerprint density at radius 3 is 2.49 bits per heavy atom. The van der Waals surface area contributed by atoms with Crippen molar-refractivity contribution in [1.29, 1.82) is 0 Å². The third-order valence-electron chi connectivity index (χ3n) is 11.3. The van der Waals surface area contributed by atoms with E-state index in [2.05, 4.69) is 90.5 Å². The molecule has 1 saturated carbocycles. The Balaban J connectivity index is 0.853. The van der Waals surface area contributed by atoms with Crippen molar-refractivity contribution in [2.75, 3.05) is 43.5 Å². The van der Waals surface area contributed by atoms with E-state index in [-0.39, 0.29) is 5.91 Å². The molecule has 0 radical (unpaired) electrons. The van der Waals surface area contributed by atoms with Crippen LogP contribution < -0.4 is 10.7 Å². The quantitative estimate of drug-likeness (QED) is 0.168. The number of hydrazone groups is 1. The molecule has 2 N–H and O–H groups in total. The molecule has 8 rings (SSSR count). The van der Waals surface area contributed by atoms with Gasteiger partial charge in [-0.2, -0.15) is 5.10 Å². The van der Waals surface area contributed by atoms with Gasteiger partial charge in [-0.05, 0) is 98.5 Å². The minimum absolute atomic E-state index is 0.129. The highest BCUT2D eigenvalue weighted by molar-refractivity contribution is 6.04. The van der Waals surface area contributed by atoms with Crippen molar-refractivity contribution < 1.29 is 4.79 Å². The Morgan fingerprint density at radius 1 is 0.922 bits per heavy atom. The lowest BCUT2D eigenvalue weighted by atomic mass is 9.81. The van der Waals surface area contributed by atoms with Crippen LogP contribution in [0.4, 0.5) is 11.4 Å². The number of hydrogen-bond donors (Lipinski definition) is 2. The van der Waals surface area contributed by atoms with Crippen LogP contribution in [-0.4, -0.2) is 69.1 Å². The lowest BCUT2D eigenvalue weighted by molar-refractivity contribution is -0.125. The minimum atomic E-state index is -0.407. The number of aromatic nitrogens is 3. The van der Waals surface area contributed by atoms with Crippen molar-refractivity contribution in [1.82, 2.24) is 24.8 Å². The molecule has 1 atom stereocenters. The Morgan fingerprint density at radius 2 is 1.73 bits per heavy atom. The van der Waals surface area contributed by atoms with E-state index < -0.39 is 5.41 Å². The monoisotopic (exact) mass is 680 g/mol. The summed E-state index contributed by atoms with van der Waals surface area (Å²) in [6.45, 7) is 11.2. The number of fused-ring (bicyclic) bond motifs is 1. The SMILES string of the molecule is C=C(CN1CCC(CCC)(C(=O)Nc2ccc3c(c2)CC(c2ccnc(C4CC4)c2)=NN3)C1)N1CCC(c2ccc(-c3ncccn3)cc2)CC1. The second-order valence-electron chi connectivity index (χ2n) is 14.9. The third-order valence-corrected chi connectivity index (χ3v) is 11.3. The van der Waals surface area contributed by atoms with Gasteiger partial charge in [0.25, 0.3) is 0 Å². The molecule has 2 aromatic carbocycles. The van der Waals surface area contributed by atoms with Crippen LogP contribution in [0.25, 0.3) is 11.4 Å². The number of carbonyl (C=O) groups is 1. The van der Waals surface area contributed by atoms with Gasteiger partial charge in [0.1, 0.15) is 0 Å². The van der Waals surface area contributed by atoms with Crippen LogP contribution in [0.3, 0.4) is 0 Å². The van der Waals surface area contributed by atoms with Gasteiger partial charge in [-0.15, -0.1) is 0 Å². The molecular formula is C42H48N8O. The molecule has 262 valence electrons. The van der Waals surface area contributed by atoms with Crippen LogP contribution in [-0.2, 0) is 11.2 Å². The first-order valence-corrected chi connectivity index (χ1v) is 18.7. The van der Waals surface area contributed by atoms with Gasteiger partial charge in [0.05, 0.1) is 16.8 Å². The zero-order valence-electron chi connectivity index (χ0n) is 29.7. The molecule has 9 nitrogen and oxygen atoms in total. The zero-order valence-corrected chi connectivity index (χ0v) is 29.7. The fraction of sp³-hybridized carbons (Fsp3) is 0.405. The number of carbonyl (C=O) groups excluding carboxylic acids is 1. The number of benzene rings is 2. The van der Waals surface area contributed by atoms with Crippen LogP contribution in [0.1, 0.15) is 86.1 Å². The third kappa shape index (κ3) is 7.31. The fourth-order valence-electron chi connectivity index (χ4n) is 8.25. The number of amides is 1. The van der Waals surface area contributed by atoms with Crippen LogP contribution in [0.2, 0.25) is 0 Å². The van der Waals surface area contributed by atoms with E-state index in [9.17, 15) is 4.79 Å². The highest BCUT2D eigenvalue weighted by Gasteiger charge is 2.44. The van der Waals surface area contributed by atoms with Gasteiger partial charge in [-0.1, -0.05) is 44.2 Å². The standard InChI is InChI=1S/C42H48N8O/c1-3-16-42(41(51)46-36-11-12-37-35(24-36)26-39(48-47-37)34-13-20-43-38(25-34)32-7-8-32)17-23-49(28-42)27-29(2)50-21-14-31(15-22-50)30-5-9-33(10-6-30)40-44-18-4-19-45-40/h4-6,9-13,18-20,24-25,31-32,47H,2-3,7-8,14-17,21-23,26-28H2,1H3,(H,46,51). The molecular weight excluding hydrogens is 633 g/mol. The first kappa shape index (κ1) is 33.3. The lowest BCUT2D eigenvalue weighted by Gasteiger charge is -2.36. The first-order valence-electron chi connectivity index (χ1n) is 18.7. The predicted molar refractivity (Wildman–Crippen MR) is 204 cm³/mol. The highest BCUT2D eigenvalue weighted by atomic mass is 16.2. The minimum Gasteiger partial charge on any atom is -0.374 e. The molecule has 4 aromatic rings. The van der Waals surface area contributed by atoms with E-state index in [4.69, 9.17) is 0 Å². The summed E-state index contributed by atoms with van der Waals surface area (Å²) < 4.78 is 0. The maximum absolute atomic E-state index is 14.1. The first-order chi connectivity index (χ1) is 25.0. The van der Waals surface area contributed by atoms with Crippen LogP contribution in [0.5, 0.6) is 0 Å². The van der Waals surface area contributed by atoms with E-state index in [1.54, 1.807) is 12.4 Å².